The zero-order valence-corrected chi connectivity index (χ0v) is 14.7. The van der Waals surface area contributed by atoms with Crippen LogP contribution >= 0.6 is 11.6 Å². The Balaban J connectivity index is 1.50. The number of amides is 1. The van der Waals surface area contributed by atoms with Crippen LogP contribution in [0.1, 0.15) is 18.2 Å². The van der Waals surface area contributed by atoms with E-state index in [1.807, 2.05) is 17.0 Å². The number of benzene rings is 2. The van der Waals surface area contributed by atoms with Crippen molar-refractivity contribution in [3.05, 3.63) is 64.8 Å². The molecular weight excluding hydrogens is 336 g/mol. The van der Waals surface area contributed by atoms with Crippen molar-refractivity contribution < 1.29 is 9.53 Å². The normalized spacial score (nSPS) is 15.0. The number of nitrogens with zero attached hydrogens (tertiary/aromatic N) is 1. The molecule has 4 nitrogen and oxygen atoms in total. The Morgan fingerprint density at radius 3 is 2.76 bits per heavy atom. The third-order valence-electron chi connectivity index (χ3n) is 4.67. The monoisotopic (exact) mass is 354 g/mol. The third kappa shape index (κ3) is 3.10. The van der Waals surface area contributed by atoms with E-state index in [-0.39, 0.29) is 5.91 Å². The number of hydrogen-bond donors (Lipinski definition) is 1. The van der Waals surface area contributed by atoms with Crippen molar-refractivity contribution in [2.45, 2.75) is 26.0 Å². The van der Waals surface area contributed by atoms with Gasteiger partial charge in [0, 0.05) is 46.7 Å². The summed E-state index contributed by atoms with van der Waals surface area (Å²) in [7, 11) is 0. The van der Waals surface area contributed by atoms with Gasteiger partial charge in [-0.15, -0.1) is 0 Å². The van der Waals surface area contributed by atoms with Gasteiger partial charge in [0.1, 0.15) is 5.75 Å². The second-order valence-electron chi connectivity index (χ2n) is 6.35. The van der Waals surface area contributed by atoms with Gasteiger partial charge in [-0.05, 0) is 37.3 Å². The second kappa shape index (κ2) is 6.45. The summed E-state index contributed by atoms with van der Waals surface area (Å²) >= 11 is 5.88. The molecule has 0 spiro atoms. The molecule has 1 N–H and O–H groups in total. The Bertz CT molecular complexity index is 917. The van der Waals surface area contributed by atoms with Crippen molar-refractivity contribution in [2.75, 3.05) is 6.54 Å². The predicted octanol–water partition coefficient (Wildman–Crippen LogP) is 4.17. The highest BCUT2D eigenvalue weighted by molar-refractivity contribution is 6.30. The molecule has 0 radical (unpaired) electrons. The number of para-hydroxylation sites is 1. The fraction of sp³-hybridized carbons (Fsp3) is 0.250. The molecule has 2 aromatic carbocycles. The lowest BCUT2D eigenvalue weighted by Gasteiger charge is -2.29. The van der Waals surface area contributed by atoms with Crippen LogP contribution in [0.3, 0.4) is 0 Å². The van der Waals surface area contributed by atoms with Gasteiger partial charge in [0.2, 0.25) is 0 Å². The standard InChI is InChI=1S/C20H19ClN2O2/c1-13(25-15-8-6-14(21)7-9-15)20(24)23-11-10-19-17(12-23)16-4-2-3-5-18(16)22-19/h2-9,13,22H,10-12H2,1H3/t13-/m1/s1. The highest BCUT2D eigenvalue weighted by atomic mass is 35.5. The molecule has 1 amide bonds. The van der Waals surface area contributed by atoms with Crippen LogP contribution in [-0.2, 0) is 17.8 Å². The van der Waals surface area contributed by atoms with Crippen LogP contribution in [0.2, 0.25) is 5.02 Å². The second-order valence-corrected chi connectivity index (χ2v) is 6.79. The van der Waals surface area contributed by atoms with E-state index >= 15 is 0 Å². The van der Waals surface area contributed by atoms with Gasteiger partial charge in [-0.3, -0.25) is 4.79 Å². The summed E-state index contributed by atoms with van der Waals surface area (Å²) in [5.74, 6) is 0.654. The zero-order chi connectivity index (χ0) is 17.4. The summed E-state index contributed by atoms with van der Waals surface area (Å²) < 4.78 is 5.78. The van der Waals surface area contributed by atoms with E-state index in [0.717, 1.165) is 11.9 Å². The molecule has 1 aliphatic rings. The third-order valence-corrected chi connectivity index (χ3v) is 4.92. The van der Waals surface area contributed by atoms with Crippen LogP contribution in [0.25, 0.3) is 10.9 Å². The summed E-state index contributed by atoms with van der Waals surface area (Å²) in [6, 6.07) is 15.3. The largest absolute Gasteiger partial charge is 0.481 e. The van der Waals surface area contributed by atoms with Gasteiger partial charge >= 0.3 is 0 Å². The number of aromatic nitrogens is 1. The molecule has 128 valence electrons. The topological polar surface area (TPSA) is 45.3 Å². The van der Waals surface area contributed by atoms with E-state index in [4.69, 9.17) is 16.3 Å². The molecule has 3 aromatic rings. The van der Waals surface area contributed by atoms with Gasteiger partial charge in [0.15, 0.2) is 6.10 Å². The van der Waals surface area contributed by atoms with E-state index in [1.165, 1.54) is 16.6 Å². The molecule has 0 unspecified atom stereocenters. The van der Waals surface area contributed by atoms with Crippen LogP contribution in [-0.4, -0.2) is 28.4 Å². The number of hydrogen-bond acceptors (Lipinski definition) is 2. The van der Waals surface area contributed by atoms with E-state index in [9.17, 15) is 4.79 Å². The van der Waals surface area contributed by atoms with Gasteiger partial charge in [-0.1, -0.05) is 29.8 Å². The maximum Gasteiger partial charge on any atom is 0.263 e. The minimum atomic E-state index is -0.534. The maximum atomic E-state index is 12.8. The molecule has 0 saturated carbocycles. The lowest BCUT2D eigenvalue weighted by molar-refractivity contribution is -0.138. The van der Waals surface area contributed by atoms with Crippen molar-refractivity contribution in [1.29, 1.82) is 0 Å². The van der Waals surface area contributed by atoms with Gasteiger partial charge < -0.3 is 14.6 Å². The number of halogens is 1. The number of carbonyl (C=O) groups is 1. The SMILES string of the molecule is C[C@@H](Oc1ccc(Cl)cc1)C(=O)N1CCc2[nH]c3ccccc3c2C1. The number of H-pyrrole nitrogens is 1. The summed E-state index contributed by atoms with van der Waals surface area (Å²) in [6.07, 6.45) is 0.302. The first kappa shape index (κ1) is 16.0. The molecule has 5 heteroatoms. The quantitative estimate of drug-likeness (QED) is 0.767. The maximum absolute atomic E-state index is 12.8. The molecule has 4 rings (SSSR count). The Morgan fingerprint density at radius 1 is 1.20 bits per heavy atom. The summed E-state index contributed by atoms with van der Waals surface area (Å²) in [5.41, 5.74) is 3.58. The Kier molecular flexibility index (Phi) is 4.14. The fourth-order valence-corrected chi connectivity index (χ4v) is 3.51. The van der Waals surface area contributed by atoms with E-state index in [0.29, 0.717) is 23.9 Å². The molecule has 1 aromatic heterocycles. The molecule has 1 aliphatic heterocycles. The average molecular weight is 355 g/mol. The number of ether oxygens (including phenoxy) is 1. The van der Waals surface area contributed by atoms with Crippen LogP contribution < -0.4 is 4.74 Å². The first-order valence-corrected chi connectivity index (χ1v) is 8.79. The van der Waals surface area contributed by atoms with Gasteiger partial charge in [0.25, 0.3) is 5.91 Å². The van der Waals surface area contributed by atoms with Crippen LogP contribution in [0, 0.1) is 0 Å². The van der Waals surface area contributed by atoms with Crippen molar-refractivity contribution in [1.82, 2.24) is 9.88 Å². The summed E-state index contributed by atoms with van der Waals surface area (Å²) in [6.45, 7) is 3.11. The van der Waals surface area contributed by atoms with Crippen LogP contribution in [0.4, 0.5) is 0 Å². The Labute approximate surface area is 151 Å². The molecule has 0 aliphatic carbocycles. The average Bonchev–Trinajstić information content (AvgIpc) is 3.01. The first-order chi connectivity index (χ1) is 12.1. The Morgan fingerprint density at radius 2 is 1.96 bits per heavy atom. The molecule has 1 atom stereocenters. The molecular formula is C20H19ClN2O2. The van der Waals surface area contributed by atoms with E-state index in [1.54, 1.807) is 31.2 Å². The van der Waals surface area contributed by atoms with Crippen molar-refractivity contribution >= 4 is 28.4 Å². The first-order valence-electron chi connectivity index (χ1n) is 8.41. The number of aromatic amines is 1. The number of carbonyl (C=O) groups excluding carboxylic acids is 1. The smallest absolute Gasteiger partial charge is 0.263 e. The number of rotatable bonds is 3. The minimum Gasteiger partial charge on any atom is -0.481 e. The van der Waals surface area contributed by atoms with Crippen molar-refractivity contribution in [3.8, 4) is 5.75 Å². The highest BCUT2D eigenvalue weighted by Gasteiger charge is 2.27. The Hall–Kier alpha value is -2.46. The molecule has 0 saturated heterocycles. The zero-order valence-electron chi connectivity index (χ0n) is 14.0. The van der Waals surface area contributed by atoms with Crippen LogP contribution in [0.5, 0.6) is 5.75 Å². The molecule has 2 heterocycles. The van der Waals surface area contributed by atoms with Gasteiger partial charge in [-0.2, -0.15) is 0 Å². The van der Waals surface area contributed by atoms with E-state index < -0.39 is 6.10 Å². The number of fused-ring (bicyclic) bond motifs is 3. The van der Waals surface area contributed by atoms with Gasteiger partial charge in [0.05, 0.1) is 0 Å². The highest BCUT2D eigenvalue weighted by Crippen LogP contribution is 2.28. The molecule has 0 fully saturated rings. The minimum absolute atomic E-state index is 0.00545. The molecule has 25 heavy (non-hydrogen) atoms. The van der Waals surface area contributed by atoms with Gasteiger partial charge in [-0.25, -0.2) is 0 Å². The van der Waals surface area contributed by atoms with E-state index in [2.05, 4.69) is 17.1 Å². The number of nitrogens with one attached hydrogen (secondary N) is 1. The lowest BCUT2D eigenvalue weighted by atomic mass is 10.0. The fourth-order valence-electron chi connectivity index (χ4n) is 3.38. The predicted molar refractivity (Wildman–Crippen MR) is 99.0 cm³/mol. The lowest BCUT2D eigenvalue weighted by Crippen LogP contribution is -2.43. The summed E-state index contributed by atoms with van der Waals surface area (Å²) in [5, 5.41) is 1.84. The molecule has 0 bridgehead atoms. The summed E-state index contributed by atoms with van der Waals surface area (Å²) in [4.78, 5) is 18.1. The van der Waals surface area contributed by atoms with Crippen molar-refractivity contribution in [2.24, 2.45) is 0 Å². The van der Waals surface area contributed by atoms with Crippen LogP contribution in [0.15, 0.2) is 48.5 Å². The van der Waals surface area contributed by atoms with Crippen molar-refractivity contribution in [3.63, 3.8) is 0 Å².